The maximum atomic E-state index is 13.5. The highest BCUT2D eigenvalue weighted by molar-refractivity contribution is 5.34. The molecule has 3 atom stereocenters. The molecule has 138 valence electrons. The van der Waals surface area contributed by atoms with Crippen molar-refractivity contribution in [2.24, 2.45) is 5.41 Å². The smallest absolute Gasteiger partial charge is 0.126 e. The number of hydrogen-bond donors (Lipinski definition) is 1. The van der Waals surface area contributed by atoms with Gasteiger partial charge in [0.05, 0.1) is 13.7 Å². The van der Waals surface area contributed by atoms with Gasteiger partial charge in [0, 0.05) is 35.7 Å². The Kier molecular flexibility index (Phi) is 4.72. The predicted molar refractivity (Wildman–Crippen MR) is 99.6 cm³/mol. The van der Waals surface area contributed by atoms with Crippen molar-refractivity contribution in [3.63, 3.8) is 0 Å². The highest BCUT2D eigenvalue weighted by Gasteiger charge is 2.55. The SMILES string of the molecule is COc1cc(F)ccc1CN1[C@H]2CC[C@@H]1[C@@](CO)(Cc1ccccc1)C2. The van der Waals surface area contributed by atoms with Crippen molar-refractivity contribution in [3.8, 4) is 5.75 Å². The van der Waals surface area contributed by atoms with Gasteiger partial charge in [0.15, 0.2) is 0 Å². The number of fused-ring (bicyclic) bond motifs is 2. The molecular weight excluding hydrogens is 329 g/mol. The third kappa shape index (κ3) is 3.01. The summed E-state index contributed by atoms with van der Waals surface area (Å²) in [6.07, 6.45) is 4.21. The molecule has 0 spiro atoms. The van der Waals surface area contributed by atoms with E-state index in [1.807, 2.05) is 12.1 Å². The second-order valence-corrected chi connectivity index (χ2v) is 7.76. The minimum atomic E-state index is -0.274. The van der Waals surface area contributed by atoms with Gasteiger partial charge >= 0.3 is 0 Å². The van der Waals surface area contributed by atoms with Crippen LogP contribution in [0.1, 0.15) is 30.4 Å². The van der Waals surface area contributed by atoms with E-state index in [0.717, 1.165) is 31.4 Å². The molecule has 2 aromatic rings. The fourth-order valence-corrected chi connectivity index (χ4v) is 5.12. The van der Waals surface area contributed by atoms with Crippen LogP contribution >= 0.6 is 0 Å². The normalized spacial score (nSPS) is 27.8. The Bertz CT molecular complexity index is 766. The van der Waals surface area contributed by atoms with Crippen LogP contribution < -0.4 is 4.74 Å². The van der Waals surface area contributed by atoms with Crippen molar-refractivity contribution in [2.75, 3.05) is 13.7 Å². The number of ether oxygens (including phenoxy) is 1. The highest BCUT2D eigenvalue weighted by Crippen LogP contribution is 2.52. The molecule has 2 heterocycles. The monoisotopic (exact) mass is 355 g/mol. The zero-order valence-electron chi connectivity index (χ0n) is 15.2. The molecule has 2 aromatic carbocycles. The van der Waals surface area contributed by atoms with E-state index in [0.29, 0.717) is 17.8 Å². The van der Waals surface area contributed by atoms with E-state index in [-0.39, 0.29) is 17.8 Å². The molecule has 3 nitrogen and oxygen atoms in total. The van der Waals surface area contributed by atoms with Gasteiger partial charge in [-0.05, 0) is 37.3 Å². The number of benzene rings is 2. The van der Waals surface area contributed by atoms with Crippen LogP contribution in [-0.4, -0.2) is 35.8 Å². The summed E-state index contributed by atoms with van der Waals surface area (Å²) in [6, 6.07) is 16.1. The van der Waals surface area contributed by atoms with Crippen LogP contribution in [0.3, 0.4) is 0 Å². The average molecular weight is 355 g/mol. The second kappa shape index (κ2) is 7.01. The predicted octanol–water partition coefficient (Wildman–Crippen LogP) is 3.79. The summed E-state index contributed by atoms with van der Waals surface area (Å²) in [5.74, 6) is 0.331. The first kappa shape index (κ1) is 17.5. The molecule has 4 heteroatoms. The molecule has 0 saturated carbocycles. The van der Waals surface area contributed by atoms with Gasteiger partial charge in [-0.1, -0.05) is 36.4 Å². The maximum absolute atomic E-state index is 13.5. The molecule has 0 radical (unpaired) electrons. The van der Waals surface area contributed by atoms with Crippen LogP contribution in [0.2, 0.25) is 0 Å². The molecule has 0 unspecified atom stereocenters. The van der Waals surface area contributed by atoms with Crippen molar-refractivity contribution in [1.82, 2.24) is 4.90 Å². The summed E-state index contributed by atoms with van der Waals surface area (Å²) < 4.78 is 18.9. The van der Waals surface area contributed by atoms with E-state index in [1.165, 1.54) is 24.1 Å². The zero-order valence-corrected chi connectivity index (χ0v) is 15.2. The fraction of sp³-hybridized carbons (Fsp3) is 0.455. The van der Waals surface area contributed by atoms with Gasteiger partial charge in [-0.2, -0.15) is 0 Å². The lowest BCUT2D eigenvalue weighted by Crippen LogP contribution is -2.41. The molecule has 2 saturated heterocycles. The van der Waals surface area contributed by atoms with E-state index in [9.17, 15) is 9.50 Å². The first-order chi connectivity index (χ1) is 12.6. The lowest BCUT2D eigenvalue weighted by Gasteiger charge is -2.36. The third-order valence-electron chi connectivity index (χ3n) is 6.31. The van der Waals surface area contributed by atoms with Gasteiger partial charge in [0.25, 0.3) is 0 Å². The van der Waals surface area contributed by atoms with Crippen LogP contribution in [0.5, 0.6) is 5.75 Å². The van der Waals surface area contributed by atoms with Crippen LogP contribution in [0.25, 0.3) is 0 Å². The number of rotatable bonds is 6. The summed E-state index contributed by atoms with van der Waals surface area (Å²) in [4.78, 5) is 2.51. The highest BCUT2D eigenvalue weighted by atomic mass is 19.1. The van der Waals surface area contributed by atoms with Crippen molar-refractivity contribution in [3.05, 3.63) is 65.5 Å². The second-order valence-electron chi connectivity index (χ2n) is 7.76. The van der Waals surface area contributed by atoms with Gasteiger partial charge in [-0.3, -0.25) is 4.90 Å². The minimum Gasteiger partial charge on any atom is -0.496 e. The van der Waals surface area contributed by atoms with Gasteiger partial charge < -0.3 is 9.84 Å². The standard InChI is InChI=1S/C22H26FNO2/c1-26-20-11-18(23)8-7-17(20)14-24-19-9-10-21(24)22(13-19,15-25)12-16-5-3-2-4-6-16/h2-8,11,19,21,25H,9-10,12-15H2,1H3/t19-,21+,22-/m0/s1. The third-order valence-corrected chi connectivity index (χ3v) is 6.31. The number of nitrogens with zero attached hydrogens (tertiary/aromatic N) is 1. The van der Waals surface area contributed by atoms with Gasteiger partial charge in [0.1, 0.15) is 11.6 Å². The van der Waals surface area contributed by atoms with Gasteiger partial charge in [-0.25, -0.2) is 4.39 Å². The first-order valence-electron chi connectivity index (χ1n) is 9.38. The molecule has 26 heavy (non-hydrogen) atoms. The molecule has 0 aliphatic carbocycles. The maximum Gasteiger partial charge on any atom is 0.126 e. The quantitative estimate of drug-likeness (QED) is 0.856. The summed E-state index contributed by atoms with van der Waals surface area (Å²) >= 11 is 0. The van der Waals surface area contributed by atoms with Crippen LogP contribution in [0.4, 0.5) is 4.39 Å². The zero-order chi connectivity index (χ0) is 18.1. The Morgan fingerprint density at radius 3 is 2.73 bits per heavy atom. The number of aliphatic hydroxyl groups is 1. The molecule has 2 aliphatic heterocycles. The first-order valence-corrected chi connectivity index (χ1v) is 9.38. The summed E-state index contributed by atoms with van der Waals surface area (Å²) in [6.45, 7) is 0.954. The molecular formula is C22H26FNO2. The Morgan fingerprint density at radius 1 is 1.19 bits per heavy atom. The largest absolute Gasteiger partial charge is 0.496 e. The van der Waals surface area contributed by atoms with E-state index in [4.69, 9.17) is 4.74 Å². The van der Waals surface area contributed by atoms with E-state index >= 15 is 0 Å². The van der Waals surface area contributed by atoms with E-state index in [1.54, 1.807) is 7.11 Å². The number of hydrogen-bond acceptors (Lipinski definition) is 3. The van der Waals surface area contributed by atoms with Crippen molar-refractivity contribution < 1.29 is 14.2 Å². The Balaban J connectivity index is 1.58. The molecule has 0 aromatic heterocycles. The Morgan fingerprint density at radius 2 is 2.00 bits per heavy atom. The lowest BCUT2D eigenvalue weighted by atomic mass is 9.70. The Hall–Kier alpha value is -1.91. The van der Waals surface area contributed by atoms with Crippen molar-refractivity contribution >= 4 is 0 Å². The van der Waals surface area contributed by atoms with E-state index in [2.05, 4.69) is 29.2 Å². The van der Waals surface area contributed by atoms with Crippen LogP contribution in [-0.2, 0) is 13.0 Å². The summed E-state index contributed by atoms with van der Waals surface area (Å²) in [5, 5.41) is 10.3. The topological polar surface area (TPSA) is 32.7 Å². The van der Waals surface area contributed by atoms with Crippen LogP contribution in [0.15, 0.2) is 48.5 Å². The lowest BCUT2D eigenvalue weighted by molar-refractivity contribution is 0.0749. The minimum absolute atomic E-state index is 0.0858. The fourth-order valence-electron chi connectivity index (χ4n) is 5.12. The summed E-state index contributed by atoms with van der Waals surface area (Å²) in [7, 11) is 1.59. The van der Waals surface area contributed by atoms with E-state index < -0.39 is 0 Å². The Labute approximate surface area is 154 Å². The van der Waals surface area contributed by atoms with Crippen LogP contribution in [0, 0.1) is 11.2 Å². The molecule has 2 aliphatic rings. The molecule has 1 N–H and O–H groups in total. The number of methoxy groups -OCH3 is 1. The molecule has 2 bridgehead atoms. The average Bonchev–Trinajstić information content (AvgIpc) is 3.18. The molecule has 4 rings (SSSR count). The van der Waals surface area contributed by atoms with Crippen molar-refractivity contribution in [1.29, 1.82) is 0 Å². The summed E-state index contributed by atoms with van der Waals surface area (Å²) in [5.41, 5.74) is 2.21. The number of halogens is 1. The molecule has 0 amide bonds. The van der Waals surface area contributed by atoms with Gasteiger partial charge in [0.2, 0.25) is 0 Å². The van der Waals surface area contributed by atoms with Crippen molar-refractivity contribution in [2.45, 2.75) is 44.3 Å². The van der Waals surface area contributed by atoms with Gasteiger partial charge in [-0.15, -0.1) is 0 Å². The molecule has 2 fully saturated rings. The number of aliphatic hydroxyl groups excluding tert-OH is 1.